The molecule has 2 heterocycles. The molecule has 0 bridgehead atoms. The van der Waals surface area contributed by atoms with Crippen molar-refractivity contribution in [3.8, 4) is 11.3 Å². The minimum absolute atomic E-state index is 0.214. The molecule has 6 nitrogen and oxygen atoms in total. The Balaban J connectivity index is 1.84. The van der Waals surface area contributed by atoms with Gasteiger partial charge >= 0.3 is 0 Å². The van der Waals surface area contributed by atoms with Crippen LogP contribution in [0.1, 0.15) is 10.4 Å². The van der Waals surface area contributed by atoms with Gasteiger partial charge in [-0.15, -0.1) is 0 Å². The molecule has 108 valence electrons. The maximum atomic E-state index is 12.1. The van der Waals surface area contributed by atoms with Crippen molar-refractivity contribution in [1.82, 2.24) is 15.2 Å². The first-order chi connectivity index (χ1) is 10.7. The largest absolute Gasteiger partial charge is 0.322 e. The number of pyridine rings is 1. The predicted molar refractivity (Wildman–Crippen MR) is 82.5 cm³/mol. The fourth-order valence-electron chi connectivity index (χ4n) is 1.97. The van der Waals surface area contributed by atoms with Crippen LogP contribution in [0.15, 0.2) is 65.7 Å². The minimum atomic E-state index is -0.258. The van der Waals surface area contributed by atoms with Crippen LogP contribution in [-0.4, -0.2) is 21.1 Å². The highest BCUT2D eigenvalue weighted by Gasteiger charge is 2.06. The summed E-state index contributed by atoms with van der Waals surface area (Å²) in [4.78, 5) is 27.0. The molecule has 6 heteroatoms. The highest BCUT2D eigenvalue weighted by Crippen LogP contribution is 2.20. The third-order valence-electron chi connectivity index (χ3n) is 3.04. The molecule has 0 saturated heterocycles. The van der Waals surface area contributed by atoms with Crippen molar-refractivity contribution < 1.29 is 4.79 Å². The molecular weight excluding hydrogens is 280 g/mol. The molecular formula is C16H12N4O2. The van der Waals surface area contributed by atoms with Crippen LogP contribution in [0.2, 0.25) is 0 Å². The second kappa shape index (κ2) is 6.01. The number of rotatable bonds is 3. The van der Waals surface area contributed by atoms with Crippen molar-refractivity contribution in [2.75, 3.05) is 5.32 Å². The van der Waals surface area contributed by atoms with Gasteiger partial charge in [0, 0.05) is 35.3 Å². The number of anilines is 1. The van der Waals surface area contributed by atoms with Gasteiger partial charge in [0.2, 0.25) is 0 Å². The molecule has 0 aliphatic rings. The summed E-state index contributed by atoms with van der Waals surface area (Å²) in [5.74, 6) is -0.214. The molecule has 0 aliphatic heterocycles. The van der Waals surface area contributed by atoms with E-state index in [4.69, 9.17) is 0 Å². The average molecular weight is 292 g/mol. The molecule has 1 aromatic carbocycles. The molecule has 0 unspecified atom stereocenters. The third-order valence-corrected chi connectivity index (χ3v) is 3.04. The summed E-state index contributed by atoms with van der Waals surface area (Å²) in [7, 11) is 0. The number of hydrogen-bond donors (Lipinski definition) is 2. The van der Waals surface area contributed by atoms with E-state index < -0.39 is 0 Å². The van der Waals surface area contributed by atoms with E-state index in [1.54, 1.807) is 42.7 Å². The van der Waals surface area contributed by atoms with Gasteiger partial charge in [0.05, 0.1) is 5.69 Å². The smallest absolute Gasteiger partial charge is 0.264 e. The fourth-order valence-corrected chi connectivity index (χ4v) is 1.97. The van der Waals surface area contributed by atoms with Gasteiger partial charge < -0.3 is 5.32 Å². The van der Waals surface area contributed by atoms with E-state index in [1.807, 2.05) is 12.1 Å². The first-order valence-electron chi connectivity index (χ1n) is 6.60. The van der Waals surface area contributed by atoms with E-state index in [2.05, 4.69) is 20.5 Å². The molecule has 3 aromatic rings. The number of nitrogens with one attached hydrogen (secondary N) is 2. The summed E-state index contributed by atoms with van der Waals surface area (Å²) in [5, 5.41) is 9.17. The summed E-state index contributed by atoms with van der Waals surface area (Å²) >= 11 is 0. The van der Waals surface area contributed by atoms with Crippen LogP contribution in [-0.2, 0) is 0 Å². The summed E-state index contributed by atoms with van der Waals surface area (Å²) in [6, 6.07) is 13.6. The van der Waals surface area contributed by atoms with Crippen molar-refractivity contribution in [2.45, 2.75) is 0 Å². The van der Waals surface area contributed by atoms with Gasteiger partial charge in [-0.2, -0.15) is 5.10 Å². The molecule has 0 atom stereocenters. The molecule has 0 aliphatic carbocycles. The SMILES string of the molecule is O=C(Nc1cccc(-c2ccc(=O)[nH]n2)c1)c1ccncc1. The van der Waals surface area contributed by atoms with Crippen LogP contribution in [0.3, 0.4) is 0 Å². The first kappa shape index (κ1) is 13.7. The van der Waals surface area contributed by atoms with Crippen LogP contribution in [0.25, 0.3) is 11.3 Å². The number of benzene rings is 1. The Bertz CT molecular complexity index is 839. The zero-order valence-corrected chi connectivity index (χ0v) is 11.5. The number of aromatic amines is 1. The summed E-state index contributed by atoms with van der Waals surface area (Å²) in [6.45, 7) is 0. The second-order valence-electron chi connectivity index (χ2n) is 4.58. The van der Waals surface area contributed by atoms with Crippen LogP contribution >= 0.6 is 0 Å². The lowest BCUT2D eigenvalue weighted by Crippen LogP contribution is -2.11. The van der Waals surface area contributed by atoms with E-state index in [0.29, 0.717) is 16.9 Å². The number of nitrogens with zero attached hydrogens (tertiary/aromatic N) is 2. The summed E-state index contributed by atoms with van der Waals surface area (Å²) in [5.41, 5.74) is 2.34. The van der Waals surface area contributed by atoms with Crippen molar-refractivity contribution >= 4 is 11.6 Å². The number of H-pyrrole nitrogens is 1. The molecule has 0 saturated carbocycles. The Morgan fingerprint density at radius 1 is 1.05 bits per heavy atom. The van der Waals surface area contributed by atoms with Crippen molar-refractivity contribution in [1.29, 1.82) is 0 Å². The molecule has 2 aromatic heterocycles. The van der Waals surface area contributed by atoms with E-state index in [1.165, 1.54) is 6.07 Å². The van der Waals surface area contributed by atoms with Gasteiger partial charge in [0.25, 0.3) is 11.5 Å². The monoisotopic (exact) mass is 292 g/mol. The van der Waals surface area contributed by atoms with E-state index in [9.17, 15) is 9.59 Å². The molecule has 2 N–H and O–H groups in total. The standard InChI is InChI=1S/C16H12N4O2/c21-15-5-4-14(19-20-15)12-2-1-3-13(10-12)18-16(22)11-6-8-17-9-7-11/h1-10H,(H,18,22)(H,20,21). The normalized spacial score (nSPS) is 10.2. The van der Waals surface area contributed by atoms with Gasteiger partial charge in [-0.05, 0) is 30.3 Å². The molecule has 3 rings (SSSR count). The lowest BCUT2D eigenvalue weighted by molar-refractivity contribution is 0.102. The summed E-state index contributed by atoms with van der Waals surface area (Å²) in [6.07, 6.45) is 3.13. The van der Waals surface area contributed by atoms with E-state index in [-0.39, 0.29) is 11.5 Å². The van der Waals surface area contributed by atoms with Crippen molar-refractivity contribution in [3.63, 3.8) is 0 Å². The molecule has 22 heavy (non-hydrogen) atoms. The third kappa shape index (κ3) is 3.06. The van der Waals surface area contributed by atoms with Crippen molar-refractivity contribution in [2.24, 2.45) is 0 Å². The highest BCUT2D eigenvalue weighted by atomic mass is 16.1. The Morgan fingerprint density at radius 2 is 1.86 bits per heavy atom. The summed E-state index contributed by atoms with van der Waals surface area (Å²) < 4.78 is 0. The maximum Gasteiger partial charge on any atom is 0.264 e. The van der Waals surface area contributed by atoms with Gasteiger partial charge in [0.1, 0.15) is 0 Å². The highest BCUT2D eigenvalue weighted by molar-refractivity contribution is 6.04. The number of carbonyl (C=O) groups excluding carboxylic acids is 1. The number of amides is 1. The predicted octanol–water partition coefficient (Wildman–Crippen LogP) is 2.08. The fraction of sp³-hybridized carbons (Fsp3) is 0. The molecule has 0 radical (unpaired) electrons. The lowest BCUT2D eigenvalue weighted by Gasteiger charge is -2.07. The molecule has 1 amide bonds. The lowest BCUT2D eigenvalue weighted by atomic mass is 10.1. The first-order valence-corrected chi connectivity index (χ1v) is 6.60. The zero-order chi connectivity index (χ0) is 15.4. The van der Waals surface area contributed by atoms with Crippen LogP contribution < -0.4 is 10.9 Å². The zero-order valence-electron chi connectivity index (χ0n) is 11.5. The number of carbonyl (C=O) groups is 1. The number of aromatic nitrogens is 3. The van der Waals surface area contributed by atoms with Crippen LogP contribution in [0.4, 0.5) is 5.69 Å². The minimum Gasteiger partial charge on any atom is -0.322 e. The van der Waals surface area contributed by atoms with Gasteiger partial charge in [-0.25, -0.2) is 5.10 Å². The topological polar surface area (TPSA) is 87.7 Å². The Morgan fingerprint density at radius 3 is 2.59 bits per heavy atom. The quantitative estimate of drug-likeness (QED) is 0.773. The van der Waals surface area contributed by atoms with E-state index in [0.717, 1.165) is 5.56 Å². The Hall–Kier alpha value is -3.28. The Kier molecular flexibility index (Phi) is 3.74. The van der Waals surface area contributed by atoms with E-state index >= 15 is 0 Å². The Labute approximate surface area is 125 Å². The molecule has 0 fully saturated rings. The van der Waals surface area contributed by atoms with Crippen molar-refractivity contribution in [3.05, 3.63) is 76.8 Å². The van der Waals surface area contributed by atoms with Crippen LogP contribution in [0, 0.1) is 0 Å². The molecule has 0 spiro atoms. The van der Waals surface area contributed by atoms with Gasteiger partial charge in [0.15, 0.2) is 0 Å². The maximum absolute atomic E-state index is 12.1. The number of hydrogen-bond acceptors (Lipinski definition) is 4. The second-order valence-corrected chi connectivity index (χ2v) is 4.58. The van der Waals surface area contributed by atoms with Crippen LogP contribution in [0.5, 0.6) is 0 Å². The van der Waals surface area contributed by atoms with Gasteiger partial charge in [-0.3, -0.25) is 14.6 Å². The average Bonchev–Trinajstić information content (AvgIpc) is 2.56. The van der Waals surface area contributed by atoms with Gasteiger partial charge in [-0.1, -0.05) is 12.1 Å².